The van der Waals surface area contributed by atoms with Crippen LogP contribution in [0.1, 0.15) is 38.2 Å². The Balaban J connectivity index is 1.95. The van der Waals surface area contributed by atoms with Gasteiger partial charge in [-0.1, -0.05) is 24.6 Å². The molecule has 0 fully saturated rings. The molecule has 21 heavy (non-hydrogen) atoms. The van der Waals surface area contributed by atoms with Crippen molar-refractivity contribution in [1.29, 1.82) is 0 Å². The monoisotopic (exact) mass is 304 g/mol. The second-order valence-corrected chi connectivity index (χ2v) is 5.90. The van der Waals surface area contributed by atoms with Crippen LogP contribution in [0.4, 0.5) is 5.69 Å². The first-order chi connectivity index (χ1) is 10.1. The predicted octanol–water partition coefficient (Wildman–Crippen LogP) is 4.75. The number of aliphatic imine (C=N–C) groups is 1. The van der Waals surface area contributed by atoms with E-state index in [4.69, 9.17) is 11.6 Å². The van der Waals surface area contributed by atoms with Crippen molar-refractivity contribution in [3.63, 3.8) is 0 Å². The van der Waals surface area contributed by atoms with Crippen molar-refractivity contribution in [2.45, 2.75) is 39.5 Å². The molecule has 1 aliphatic rings. The van der Waals surface area contributed by atoms with Crippen LogP contribution in [-0.2, 0) is 4.79 Å². The lowest BCUT2D eigenvalue weighted by Gasteiger charge is -2.13. The largest absolute Gasteiger partial charge is 0.326 e. The molecule has 1 amide bonds. The number of aryl methyl sites for hydroxylation is 1. The molecule has 0 aromatic heterocycles. The lowest BCUT2D eigenvalue weighted by molar-refractivity contribution is -0.119. The van der Waals surface area contributed by atoms with Crippen molar-refractivity contribution in [3.05, 3.63) is 40.6 Å². The Morgan fingerprint density at radius 2 is 2.24 bits per heavy atom. The number of nitrogens with one attached hydrogen (secondary N) is 1. The quantitative estimate of drug-likeness (QED) is 0.856. The molecule has 0 saturated heterocycles. The number of allylic oxidation sites excluding steroid dienone is 2. The van der Waals surface area contributed by atoms with E-state index in [0.717, 1.165) is 36.2 Å². The maximum absolute atomic E-state index is 12.2. The second-order valence-electron chi connectivity index (χ2n) is 5.50. The minimum Gasteiger partial charge on any atom is -0.326 e. The number of carbonyl (C=O) groups is 1. The van der Waals surface area contributed by atoms with Crippen molar-refractivity contribution >= 4 is 29.4 Å². The summed E-state index contributed by atoms with van der Waals surface area (Å²) in [5, 5.41) is 3.65. The fraction of sp³-hybridized carbons (Fsp3) is 0.412. The number of nitrogens with zero attached hydrogens (tertiary/aromatic N) is 1. The average molecular weight is 305 g/mol. The maximum Gasteiger partial charge on any atom is 0.227 e. The first-order valence-corrected chi connectivity index (χ1v) is 7.72. The summed E-state index contributed by atoms with van der Waals surface area (Å²) >= 11 is 5.99. The lowest BCUT2D eigenvalue weighted by Crippen LogP contribution is -2.20. The molecule has 1 atom stereocenters. The van der Waals surface area contributed by atoms with Gasteiger partial charge in [0.2, 0.25) is 5.91 Å². The fourth-order valence-corrected chi connectivity index (χ4v) is 2.36. The Labute approximate surface area is 131 Å². The van der Waals surface area contributed by atoms with E-state index in [-0.39, 0.29) is 11.8 Å². The Bertz CT molecular complexity index is 578. The number of benzene rings is 1. The Hall–Kier alpha value is -1.61. The van der Waals surface area contributed by atoms with E-state index in [2.05, 4.69) is 16.4 Å². The molecule has 1 heterocycles. The minimum absolute atomic E-state index is 0.0112. The summed E-state index contributed by atoms with van der Waals surface area (Å²) in [4.78, 5) is 16.7. The molecule has 0 saturated carbocycles. The highest BCUT2D eigenvalue weighted by molar-refractivity contribution is 6.31. The average Bonchev–Trinajstić information content (AvgIpc) is 2.71. The van der Waals surface area contributed by atoms with E-state index in [9.17, 15) is 4.79 Å². The molecule has 1 aromatic rings. The molecular formula is C17H21ClN2O. The van der Waals surface area contributed by atoms with Crippen LogP contribution >= 0.6 is 11.6 Å². The number of hydrogen-bond acceptors (Lipinski definition) is 2. The van der Waals surface area contributed by atoms with E-state index < -0.39 is 0 Å². The first-order valence-electron chi connectivity index (χ1n) is 7.35. The molecular weight excluding hydrogens is 284 g/mol. The van der Waals surface area contributed by atoms with Gasteiger partial charge in [0.25, 0.3) is 0 Å². The third-order valence-corrected chi connectivity index (χ3v) is 3.99. The zero-order chi connectivity index (χ0) is 15.2. The number of anilines is 1. The molecule has 4 heteroatoms. The molecule has 0 bridgehead atoms. The molecule has 2 rings (SSSR count). The third-order valence-electron chi connectivity index (χ3n) is 3.56. The Kier molecular flexibility index (Phi) is 5.57. The van der Waals surface area contributed by atoms with Crippen molar-refractivity contribution in [3.8, 4) is 0 Å². The van der Waals surface area contributed by atoms with Gasteiger partial charge in [0.15, 0.2) is 0 Å². The van der Waals surface area contributed by atoms with Crippen molar-refractivity contribution in [1.82, 2.24) is 0 Å². The summed E-state index contributed by atoms with van der Waals surface area (Å²) < 4.78 is 0. The van der Waals surface area contributed by atoms with Gasteiger partial charge in [-0.25, -0.2) is 0 Å². The van der Waals surface area contributed by atoms with Crippen LogP contribution in [0.15, 0.2) is 35.0 Å². The maximum atomic E-state index is 12.2. The topological polar surface area (TPSA) is 41.5 Å². The van der Waals surface area contributed by atoms with Gasteiger partial charge >= 0.3 is 0 Å². The minimum atomic E-state index is -0.109. The number of amides is 1. The smallest absolute Gasteiger partial charge is 0.227 e. The summed E-state index contributed by atoms with van der Waals surface area (Å²) in [5.41, 5.74) is 2.76. The van der Waals surface area contributed by atoms with Crippen molar-refractivity contribution < 1.29 is 4.79 Å². The van der Waals surface area contributed by atoms with Gasteiger partial charge in [0, 0.05) is 35.0 Å². The standard InChI is InChI=1S/C17H21ClN2O/c1-12-10-15(7-8-16(12)18)20-17(21)13(2)11-14-6-4-3-5-9-19-14/h6-10,13H,3-5,11H2,1-2H3,(H,20,21)/t13-/m0/s1. The van der Waals surface area contributed by atoms with Crippen LogP contribution in [0.25, 0.3) is 0 Å². The highest BCUT2D eigenvalue weighted by Gasteiger charge is 2.15. The van der Waals surface area contributed by atoms with Crippen LogP contribution in [0, 0.1) is 12.8 Å². The summed E-state index contributed by atoms with van der Waals surface area (Å²) in [6.07, 6.45) is 7.96. The number of hydrogen-bond donors (Lipinski definition) is 1. The summed E-state index contributed by atoms with van der Waals surface area (Å²) in [6.45, 7) is 3.85. The molecule has 1 aliphatic heterocycles. The highest BCUT2D eigenvalue weighted by atomic mass is 35.5. The Morgan fingerprint density at radius 1 is 1.43 bits per heavy atom. The molecule has 0 unspecified atom stereocenters. The van der Waals surface area contributed by atoms with E-state index in [1.54, 1.807) is 6.07 Å². The van der Waals surface area contributed by atoms with Gasteiger partial charge in [0.1, 0.15) is 0 Å². The molecule has 0 aliphatic carbocycles. The number of rotatable bonds is 4. The van der Waals surface area contributed by atoms with Gasteiger partial charge < -0.3 is 5.32 Å². The molecule has 0 spiro atoms. The Morgan fingerprint density at radius 3 is 3.00 bits per heavy atom. The van der Waals surface area contributed by atoms with Crippen LogP contribution < -0.4 is 5.32 Å². The van der Waals surface area contributed by atoms with Gasteiger partial charge in [0.05, 0.1) is 0 Å². The van der Waals surface area contributed by atoms with Crippen LogP contribution in [0.2, 0.25) is 5.02 Å². The number of halogens is 1. The molecule has 112 valence electrons. The van der Waals surface area contributed by atoms with Gasteiger partial charge in [-0.3, -0.25) is 9.79 Å². The molecule has 1 N–H and O–H groups in total. The predicted molar refractivity (Wildman–Crippen MR) is 89.0 cm³/mol. The number of carbonyl (C=O) groups excluding carboxylic acids is 1. The zero-order valence-corrected chi connectivity index (χ0v) is 13.3. The van der Waals surface area contributed by atoms with E-state index in [1.165, 1.54) is 0 Å². The lowest BCUT2D eigenvalue weighted by atomic mass is 10.0. The van der Waals surface area contributed by atoms with Gasteiger partial charge in [-0.2, -0.15) is 0 Å². The van der Waals surface area contributed by atoms with Crippen LogP contribution in [0.5, 0.6) is 0 Å². The van der Waals surface area contributed by atoms with E-state index in [0.29, 0.717) is 11.4 Å². The van der Waals surface area contributed by atoms with Crippen LogP contribution in [-0.4, -0.2) is 12.1 Å². The fourth-order valence-electron chi connectivity index (χ4n) is 2.24. The summed E-state index contributed by atoms with van der Waals surface area (Å²) in [7, 11) is 0. The summed E-state index contributed by atoms with van der Waals surface area (Å²) in [5.74, 6) is -0.0976. The SMILES string of the molecule is Cc1cc(NC(=O)[C@@H](C)CC2=CCCCC=N2)ccc1Cl. The van der Waals surface area contributed by atoms with E-state index in [1.807, 2.05) is 32.2 Å². The van der Waals surface area contributed by atoms with Gasteiger partial charge in [-0.15, -0.1) is 0 Å². The molecule has 0 radical (unpaired) electrons. The highest BCUT2D eigenvalue weighted by Crippen LogP contribution is 2.21. The zero-order valence-electron chi connectivity index (χ0n) is 12.5. The first kappa shape index (κ1) is 15.8. The third kappa shape index (κ3) is 4.71. The second kappa shape index (κ2) is 7.41. The molecule has 1 aromatic carbocycles. The van der Waals surface area contributed by atoms with E-state index >= 15 is 0 Å². The normalized spacial score (nSPS) is 16.0. The summed E-state index contributed by atoms with van der Waals surface area (Å²) in [6, 6.07) is 5.51. The van der Waals surface area contributed by atoms with Crippen LogP contribution in [0.3, 0.4) is 0 Å². The van der Waals surface area contributed by atoms with Gasteiger partial charge in [-0.05, 0) is 49.9 Å². The van der Waals surface area contributed by atoms with Crippen molar-refractivity contribution in [2.24, 2.45) is 10.9 Å². The van der Waals surface area contributed by atoms with Crippen molar-refractivity contribution in [2.75, 3.05) is 5.32 Å². The molecule has 3 nitrogen and oxygen atoms in total.